The zero-order chi connectivity index (χ0) is 21.0. The van der Waals surface area contributed by atoms with E-state index < -0.39 is 31.8 Å². The molecule has 2 aromatic carbocycles. The Balaban J connectivity index is 1.87. The molecule has 10 nitrogen and oxygen atoms in total. The lowest BCUT2D eigenvalue weighted by molar-refractivity contribution is -0.385. The summed E-state index contributed by atoms with van der Waals surface area (Å²) in [7, 11) is -3.40. The fraction of sp³-hybridized carbons (Fsp3) is 0.222. The molecular weight excluding hydrogens is 400 g/mol. The van der Waals surface area contributed by atoms with Gasteiger partial charge in [0.2, 0.25) is 0 Å². The van der Waals surface area contributed by atoms with Crippen LogP contribution in [0, 0.1) is 20.2 Å². The van der Waals surface area contributed by atoms with E-state index in [-0.39, 0.29) is 34.0 Å². The Kier molecular flexibility index (Phi) is 5.78. The van der Waals surface area contributed by atoms with Crippen LogP contribution in [-0.4, -0.2) is 54.3 Å². The molecule has 0 radical (unpaired) electrons. The molecule has 0 aliphatic carbocycles. The van der Waals surface area contributed by atoms with Gasteiger partial charge in [-0.15, -0.1) is 0 Å². The first-order valence-electron chi connectivity index (χ1n) is 8.50. The van der Waals surface area contributed by atoms with Crippen molar-refractivity contribution in [3.63, 3.8) is 0 Å². The summed E-state index contributed by atoms with van der Waals surface area (Å²) in [6, 6.07) is 10.5. The number of rotatable bonds is 6. The van der Waals surface area contributed by atoms with E-state index in [0.717, 1.165) is 0 Å². The number of aliphatic imine (C=N–C) groups is 2. The molecule has 29 heavy (non-hydrogen) atoms. The third kappa shape index (κ3) is 4.88. The first-order valence-corrected chi connectivity index (χ1v) is 10.3. The summed E-state index contributed by atoms with van der Waals surface area (Å²) in [4.78, 5) is 29.6. The van der Waals surface area contributed by atoms with Gasteiger partial charge in [0.1, 0.15) is 0 Å². The van der Waals surface area contributed by atoms with Crippen molar-refractivity contribution in [2.24, 2.45) is 9.98 Å². The van der Waals surface area contributed by atoms with E-state index in [1.165, 1.54) is 48.8 Å². The molecule has 2 unspecified atom stereocenters. The monoisotopic (exact) mass is 416 g/mol. The third-order valence-electron chi connectivity index (χ3n) is 4.37. The molecule has 1 aliphatic heterocycles. The van der Waals surface area contributed by atoms with Gasteiger partial charge in [0.25, 0.3) is 11.4 Å². The number of hydrogen-bond donors (Lipinski definition) is 0. The Bertz CT molecular complexity index is 1030. The van der Waals surface area contributed by atoms with Gasteiger partial charge in [0, 0.05) is 24.6 Å². The maximum Gasteiger partial charge on any atom is 0.278 e. The van der Waals surface area contributed by atoms with Gasteiger partial charge in [-0.1, -0.05) is 24.3 Å². The summed E-state index contributed by atoms with van der Waals surface area (Å²) in [6.45, 7) is 0. The molecule has 1 saturated heterocycles. The van der Waals surface area contributed by atoms with Crippen LogP contribution in [0.4, 0.5) is 11.4 Å². The Morgan fingerprint density at radius 3 is 1.55 bits per heavy atom. The van der Waals surface area contributed by atoms with Crippen molar-refractivity contribution >= 4 is 33.6 Å². The van der Waals surface area contributed by atoms with Gasteiger partial charge in [-0.3, -0.25) is 30.2 Å². The van der Waals surface area contributed by atoms with Crippen molar-refractivity contribution in [1.82, 2.24) is 0 Å². The topological polar surface area (TPSA) is 145 Å². The van der Waals surface area contributed by atoms with Gasteiger partial charge < -0.3 is 0 Å². The molecular formula is C18H16N4O6S. The van der Waals surface area contributed by atoms with Crippen LogP contribution in [0.25, 0.3) is 0 Å². The van der Waals surface area contributed by atoms with Gasteiger partial charge in [-0.2, -0.15) is 0 Å². The minimum Gasteiger partial charge on any atom is -0.286 e. The van der Waals surface area contributed by atoms with Crippen LogP contribution in [0.3, 0.4) is 0 Å². The second-order valence-corrected chi connectivity index (χ2v) is 8.55. The van der Waals surface area contributed by atoms with Crippen molar-refractivity contribution in [3.8, 4) is 0 Å². The lowest BCUT2D eigenvalue weighted by atomic mass is 10.1. The number of nitrogens with zero attached hydrogens (tertiary/aromatic N) is 4. The standard InChI is InChI=1S/C18H16N4O6S/c23-21(24)17-7-3-1-5-13(17)9-19-15-11-29(27,28)12-16(15)20-10-14-6-2-4-8-18(14)22(25)26/h1-10,15-16H,11-12H2. The highest BCUT2D eigenvalue weighted by molar-refractivity contribution is 7.91. The van der Waals surface area contributed by atoms with Crippen molar-refractivity contribution in [3.05, 3.63) is 79.9 Å². The normalized spacial score (nSPS) is 21.0. The Hall–Kier alpha value is -3.47. The van der Waals surface area contributed by atoms with E-state index in [2.05, 4.69) is 9.98 Å². The van der Waals surface area contributed by atoms with Crippen LogP contribution in [-0.2, 0) is 9.84 Å². The predicted molar refractivity (Wildman–Crippen MR) is 108 cm³/mol. The third-order valence-corrected chi connectivity index (χ3v) is 6.07. The van der Waals surface area contributed by atoms with Gasteiger partial charge in [-0.05, 0) is 12.1 Å². The maximum absolute atomic E-state index is 12.1. The number of para-hydroxylation sites is 2. The van der Waals surface area contributed by atoms with Gasteiger partial charge in [-0.25, -0.2) is 8.42 Å². The molecule has 0 aromatic heterocycles. The fourth-order valence-corrected chi connectivity index (χ4v) is 4.77. The van der Waals surface area contributed by atoms with Gasteiger partial charge in [0.15, 0.2) is 9.84 Å². The maximum atomic E-state index is 12.1. The Morgan fingerprint density at radius 1 is 0.793 bits per heavy atom. The molecule has 3 rings (SSSR count). The number of hydrogen-bond acceptors (Lipinski definition) is 8. The zero-order valence-corrected chi connectivity index (χ0v) is 15.8. The highest BCUT2D eigenvalue weighted by Crippen LogP contribution is 2.22. The van der Waals surface area contributed by atoms with Crippen LogP contribution in [0.2, 0.25) is 0 Å². The largest absolute Gasteiger partial charge is 0.286 e. The van der Waals surface area contributed by atoms with E-state index in [4.69, 9.17) is 0 Å². The Morgan fingerprint density at radius 2 is 1.17 bits per heavy atom. The van der Waals surface area contributed by atoms with Gasteiger partial charge in [0.05, 0.1) is 44.6 Å². The molecule has 0 amide bonds. The lowest BCUT2D eigenvalue weighted by Gasteiger charge is -2.09. The highest BCUT2D eigenvalue weighted by Gasteiger charge is 2.37. The number of sulfone groups is 1. The van der Waals surface area contributed by atoms with Crippen molar-refractivity contribution in [1.29, 1.82) is 0 Å². The minimum atomic E-state index is -3.40. The van der Waals surface area contributed by atoms with Crippen LogP contribution in [0.15, 0.2) is 58.5 Å². The van der Waals surface area contributed by atoms with E-state index in [9.17, 15) is 28.6 Å². The summed E-state index contributed by atoms with van der Waals surface area (Å²) < 4.78 is 24.1. The fourth-order valence-electron chi connectivity index (χ4n) is 2.97. The SMILES string of the molecule is O=[N+]([O-])c1ccccc1C=NC1CS(=O)(=O)CC1N=Cc1ccccc1[N+](=O)[O-]. The molecule has 150 valence electrons. The summed E-state index contributed by atoms with van der Waals surface area (Å²) in [6.07, 6.45) is 2.55. The molecule has 2 aromatic rings. The molecule has 1 aliphatic rings. The van der Waals surface area contributed by atoms with E-state index in [1.54, 1.807) is 12.1 Å². The molecule has 2 atom stereocenters. The highest BCUT2D eigenvalue weighted by atomic mass is 32.2. The van der Waals surface area contributed by atoms with Crippen LogP contribution < -0.4 is 0 Å². The molecule has 0 spiro atoms. The quantitative estimate of drug-likeness (QED) is 0.401. The smallest absolute Gasteiger partial charge is 0.278 e. The second kappa shape index (κ2) is 8.27. The number of nitro benzene ring substituents is 2. The van der Waals surface area contributed by atoms with Crippen molar-refractivity contribution in [2.75, 3.05) is 11.5 Å². The second-order valence-electron chi connectivity index (χ2n) is 6.40. The summed E-state index contributed by atoms with van der Waals surface area (Å²) in [5.74, 6) is -0.494. The molecule has 0 saturated carbocycles. The van der Waals surface area contributed by atoms with Crippen LogP contribution >= 0.6 is 0 Å². The average Bonchev–Trinajstić information content (AvgIpc) is 2.98. The predicted octanol–water partition coefficient (Wildman–Crippen LogP) is 2.21. The molecule has 1 heterocycles. The summed E-state index contributed by atoms with van der Waals surface area (Å²) in [5.41, 5.74) is 0.223. The first kappa shape index (κ1) is 20.3. The van der Waals surface area contributed by atoms with E-state index in [0.29, 0.717) is 0 Å². The molecule has 0 N–H and O–H groups in total. The molecule has 11 heteroatoms. The van der Waals surface area contributed by atoms with E-state index >= 15 is 0 Å². The molecule has 1 fully saturated rings. The summed E-state index contributed by atoms with van der Waals surface area (Å²) in [5, 5.41) is 22.2. The minimum absolute atomic E-state index is 0.142. The lowest BCUT2D eigenvalue weighted by Crippen LogP contribution is -2.20. The van der Waals surface area contributed by atoms with Crippen LogP contribution in [0.1, 0.15) is 11.1 Å². The van der Waals surface area contributed by atoms with E-state index in [1.807, 2.05) is 0 Å². The first-order chi connectivity index (χ1) is 13.8. The molecule has 0 bridgehead atoms. The number of nitro groups is 2. The Labute approximate surface area is 165 Å². The van der Waals surface area contributed by atoms with Crippen molar-refractivity contribution < 1.29 is 18.3 Å². The zero-order valence-electron chi connectivity index (χ0n) is 15.0. The summed E-state index contributed by atoms with van der Waals surface area (Å²) >= 11 is 0. The average molecular weight is 416 g/mol. The van der Waals surface area contributed by atoms with Crippen molar-refractivity contribution in [2.45, 2.75) is 12.1 Å². The van der Waals surface area contributed by atoms with Gasteiger partial charge >= 0.3 is 0 Å². The number of benzene rings is 2. The van der Waals surface area contributed by atoms with Crippen LogP contribution in [0.5, 0.6) is 0 Å².